The lowest BCUT2D eigenvalue weighted by molar-refractivity contribution is -0.384. The Labute approximate surface area is 194 Å². The van der Waals surface area contributed by atoms with E-state index in [1.807, 2.05) is 12.1 Å². The number of hydrogen-bond donors (Lipinski definition) is 1. The van der Waals surface area contributed by atoms with Crippen LogP contribution in [0.3, 0.4) is 0 Å². The number of fused-ring (bicyclic) bond motifs is 3. The highest BCUT2D eigenvalue weighted by molar-refractivity contribution is 6.12. The van der Waals surface area contributed by atoms with E-state index in [-0.39, 0.29) is 18.2 Å². The molecule has 0 amide bonds. The van der Waals surface area contributed by atoms with Crippen LogP contribution in [0.15, 0.2) is 48.7 Å². The number of pyridine rings is 1. The van der Waals surface area contributed by atoms with Crippen LogP contribution >= 0.6 is 0 Å². The van der Waals surface area contributed by atoms with Crippen LogP contribution < -0.4 is 9.47 Å². The fraction of sp³-hybridized carbons (Fsp3) is 0.250. The summed E-state index contributed by atoms with van der Waals surface area (Å²) >= 11 is 0. The maximum absolute atomic E-state index is 12.3. The van der Waals surface area contributed by atoms with Gasteiger partial charge in [-0.25, -0.2) is 9.78 Å². The molecule has 2 aromatic heterocycles. The van der Waals surface area contributed by atoms with Gasteiger partial charge in [0.1, 0.15) is 17.1 Å². The Morgan fingerprint density at radius 2 is 1.82 bits per heavy atom. The predicted molar refractivity (Wildman–Crippen MR) is 124 cm³/mol. The molecule has 0 aliphatic carbocycles. The highest BCUT2D eigenvalue weighted by Gasteiger charge is 2.23. The Hall–Kier alpha value is -4.18. The summed E-state index contributed by atoms with van der Waals surface area (Å²) in [6, 6.07) is 11.3. The molecule has 0 aliphatic heterocycles. The van der Waals surface area contributed by atoms with Crippen LogP contribution in [0.25, 0.3) is 21.8 Å². The molecule has 0 radical (unpaired) electrons. The van der Waals surface area contributed by atoms with E-state index in [1.54, 1.807) is 33.0 Å². The molecule has 2 aromatic carbocycles. The summed E-state index contributed by atoms with van der Waals surface area (Å²) in [5.74, 6) is 0.999. The van der Waals surface area contributed by atoms with Crippen molar-refractivity contribution < 1.29 is 28.7 Å². The number of nitro groups is 1. The van der Waals surface area contributed by atoms with Crippen LogP contribution in [0.1, 0.15) is 26.3 Å². The number of carbonyl (C=O) groups excluding carboxylic acids is 1. The van der Waals surface area contributed by atoms with Gasteiger partial charge in [-0.3, -0.25) is 10.1 Å². The minimum absolute atomic E-state index is 0.0324. The summed E-state index contributed by atoms with van der Waals surface area (Å²) in [5.41, 5.74) is 1.24. The number of ether oxygens (including phenoxy) is 4. The van der Waals surface area contributed by atoms with Crippen molar-refractivity contribution in [3.05, 3.63) is 64.3 Å². The van der Waals surface area contributed by atoms with Crippen LogP contribution in [-0.2, 0) is 16.1 Å². The van der Waals surface area contributed by atoms with Crippen molar-refractivity contribution in [2.75, 3.05) is 7.11 Å². The number of methoxy groups -OCH3 is 1. The summed E-state index contributed by atoms with van der Waals surface area (Å²) < 4.78 is 22.1. The van der Waals surface area contributed by atoms with E-state index in [4.69, 9.17) is 18.9 Å². The average Bonchev–Trinajstić information content (AvgIpc) is 3.14. The number of non-ortho nitro benzene ring substituents is 1. The van der Waals surface area contributed by atoms with Gasteiger partial charge in [0.05, 0.1) is 39.7 Å². The SMILES string of the molecule is COCc1c(OC(=O)OC(C)(C)C)ncc2[nH]c3cccc(Oc4ccc([N+](=O)[O-])cc4)c3c12. The third kappa shape index (κ3) is 4.76. The smallest absolute Gasteiger partial charge is 0.457 e. The number of nitrogens with one attached hydrogen (secondary N) is 1. The van der Waals surface area contributed by atoms with E-state index in [9.17, 15) is 14.9 Å². The van der Waals surface area contributed by atoms with Crippen molar-refractivity contribution in [3.63, 3.8) is 0 Å². The molecule has 2 heterocycles. The zero-order valence-electron chi connectivity index (χ0n) is 19.1. The van der Waals surface area contributed by atoms with Gasteiger partial charge in [-0.05, 0) is 45.0 Å². The van der Waals surface area contributed by atoms with Gasteiger partial charge >= 0.3 is 6.16 Å². The molecule has 10 heteroatoms. The number of carbonyl (C=O) groups is 1. The molecule has 0 fully saturated rings. The van der Waals surface area contributed by atoms with Crippen LogP contribution in [0.4, 0.5) is 10.5 Å². The van der Waals surface area contributed by atoms with Crippen molar-refractivity contribution in [1.82, 2.24) is 9.97 Å². The Balaban J connectivity index is 1.81. The molecule has 0 atom stereocenters. The molecule has 0 saturated carbocycles. The first-order chi connectivity index (χ1) is 16.2. The quantitative estimate of drug-likeness (QED) is 0.213. The monoisotopic (exact) mass is 465 g/mol. The van der Waals surface area contributed by atoms with E-state index in [1.165, 1.54) is 31.4 Å². The second kappa shape index (κ2) is 8.99. The summed E-state index contributed by atoms with van der Waals surface area (Å²) in [6.07, 6.45) is 0.683. The molecule has 0 spiro atoms. The van der Waals surface area contributed by atoms with Gasteiger partial charge in [-0.15, -0.1) is 0 Å². The lowest BCUT2D eigenvalue weighted by Crippen LogP contribution is -2.26. The highest BCUT2D eigenvalue weighted by Crippen LogP contribution is 2.39. The highest BCUT2D eigenvalue weighted by atomic mass is 16.7. The normalized spacial score (nSPS) is 11.5. The van der Waals surface area contributed by atoms with Gasteiger partial charge in [0.25, 0.3) is 5.69 Å². The molecule has 176 valence electrons. The largest absolute Gasteiger partial charge is 0.515 e. The maximum Gasteiger partial charge on any atom is 0.515 e. The number of benzene rings is 2. The van der Waals surface area contributed by atoms with Crippen LogP contribution in [0.5, 0.6) is 17.4 Å². The molecular weight excluding hydrogens is 442 g/mol. The van der Waals surface area contributed by atoms with Gasteiger partial charge in [0, 0.05) is 24.6 Å². The molecule has 4 aromatic rings. The van der Waals surface area contributed by atoms with Gasteiger partial charge in [-0.1, -0.05) is 6.07 Å². The Morgan fingerprint density at radius 1 is 1.09 bits per heavy atom. The molecule has 0 bridgehead atoms. The molecule has 0 saturated heterocycles. The number of nitro benzene ring substituents is 1. The van der Waals surface area contributed by atoms with Crippen molar-refractivity contribution in [2.45, 2.75) is 33.0 Å². The Kier molecular flexibility index (Phi) is 6.08. The van der Waals surface area contributed by atoms with E-state index >= 15 is 0 Å². The lowest BCUT2D eigenvalue weighted by Gasteiger charge is -2.19. The summed E-state index contributed by atoms with van der Waals surface area (Å²) in [4.78, 5) is 30.3. The second-order valence-corrected chi connectivity index (χ2v) is 8.49. The first-order valence-electron chi connectivity index (χ1n) is 10.4. The summed E-state index contributed by atoms with van der Waals surface area (Å²) in [7, 11) is 1.53. The topological polar surface area (TPSA) is 126 Å². The third-order valence-electron chi connectivity index (χ3n) is 4.82. The van der Waals surface area contributed by atoms with Crippen molar-refractivity contribution in [2.24, 2.45) is 0 Å². The Morgan fingerprint density at radius 3 is 2.47 bits per heavy atom. The fourth-order valence-electron chi connectivity index (χ4n) is 3.52. The standard InChI is InChI=1S/C24H23N3O7/c1-24(2,3)34-23(28)33-22-16(13-31-4)20-18(12-25-22)26-17-6-5-7-19(21(17)20)32-15-10-8-14(9-11-15)27(29)30/h5-12,26H,13H2,1-4H3. The molecule has 1 N–H and O–H groups in total. The zero-order valence-corrected chi connectivity index (χ0v) is 19.1. The number of rotatable bonds is 6. The van der Waals surface area contributed by atoms with Crippen LogP contribution in [0.2, 0.25) is 0 Å². The zero-order chi connectivity index (χ0) is 24.5. The lowest BCUT2D eigenvalue weighted by atomic mass is 10.1. The summed E-state index contributed by atoms with van der Waals surface area (Å²) in [5, 5.41) is 12.4. The van der Waals surface area contributed by atoms with E-state index < -0.39 is 16.7 Å². The molecule has 4 rings (SSSR count). The number of nitrogens with zero attached hydrogens (tertiary/aromatic N) is 2. The fourth-order valence-corrected chi connectivity index (χ4v) is 3.52. The van der Waals surface area contributed by atoms with E-state index in [0.29, 0.717) is 28.0 Å². The van der Waals surface area contributed by atoms with E-state index in [0.717, 1.165) is 10.9 Å². The molecule has 0 aliphatic rings. The third-order valence-corrected chi connectivity index (χ3v) is 4.82. The van der Waals surface area contributed by atoms with Crippen molar-refractivity contribution in [3.8, 4) is 17.4 Å². The molecule has 34 heavy (non-hydrogen) atoms. The van der Waals surface area contributed by atoms with Crippen LogP contribution in [0, 0.1) is 10.1 Å². The van der Waals surface area contributed by atoms with Crippen molar-refractivity contribution in [1.29, 1.82) is 0 Å². The van der Waals surface area contributed by atoms with Crippen LogP contribution in [-0.4, -0.2) is 33.8 Å². The molecule has 10 nitrogen and oxygen atoms in total. The van der Waals surface area contributed by atoms with Gasteiger partial charge in [0.15, 0.2) is 0 Å². The predicted octanol–water partition coefficient (Wildman–Crippen LogP) is 5.88. The molecule has 0 unspecified atom stereocenters. The average molecular weight is 465 g/mol. The second-order valence-electron chi connectivity index (χ2n) is 8.49. The molecular formula is C24H23N3O7. The minimum Gasteiger partial charge on any atom is -0.457 e. The van der Waals surface area contributed by atoms with Gasteiger partial charge in [0.2, 0.25) is 5.88 Å². The van der Waals surface area contributed by atoms with Crippen molar-refractivity contribution >= 4 is 33.6 Å². The number of hydrogen-bond acceptors (Lipinski definition) is 8. The first kappa shape index (κ1) is 23.0. The number of aromatic nitrogens is 2. The van der Waals surface area contributed by atoms with Gasteiger partial charge in [-0.2, -0.15) is 0 Å². The minimum atomic E-state index is -0.876. The van der Waals surface area contributed by atoms with Gasteiger partial charge < -0.3 is 23.9 Å². The Bertz CT molecular complexity index is 1370. The number of H-pyrrole nitrogens is 1. The maximum atomic E-state index is 12.3. The van der Waals surface area contributed by atoms with E-state index in [2.05, 4.69) is 9.97 Å². The number of aromatic amines is 1. The summed E-state index contributed by atoms with van der Waals surface area (Å²) in [6.45, 7) is 5.33. The first-order valence-corrected chi connectivity index (χ1v) is 10.4.